The first-order valence-corrected chi connectivity index (χ1v) is 6.63. The summed E-state index contributed by atoms with van der Waals surface area (Å²) in [5.74, 6) is 0.262. The van der Waals surface area contributed by atoms with Gasteiger partial charge in [-0.15, -0.1) is 0 Å². The van der Waals surface area contributed by atoms with Crippen molar-refractivity contribution in [2.24, 2.45) is 0 Å². The molecule has 0 aliphatic heterocycles. The Labute approximate surface area is 109 Å². The second kappa shape index (κ2) is 6.62. The van der Waals surface area contributed by atoms with Crippen LogP contribution in [-0.2, 0) is 6.42 Å². The molecule has 0 atom stereocenters. The van der Waals surface area contributed by atoms with Crippen LogP contribution in [0.4, 0.5) is 8.78 Å². The van der Waals surface area contributed by atoms with Gasteiger partial charge in [-0.2, -0.15) is 8.78 Å². The van der Waals surface area contributed by atoms with Gasteiger partial charge in [0.05, 0.1) is 3.57 Å². The van der Waals surface area contributed by atoms with Crippen molar-refractivity contribution >= 4 is 38.5 Å². The third-order valence-electron chi connectivity index (χ3n) is 1.84. The summed E-state index contributed by atoms with van der Waals surface area (Å²) >= 11 is 5.38. The van der Waals surface area contributed by atoms with Gasteiger partial charge in [0.1, 0.15) is 5.75 Å². The Balaban J connectivity index is 2.80. The van der Waals surface area contributed by atoms with Crippen LogP contribution in [0.1, 0.15) is 12.0 Å². The van der Waals surface area contributed by atoms with Gasteiger partial charge in [-0.05, 0) is 47.1 Å². The maximum atomic E-state index is 12.1. The Morgan fingerprint density at radius 1 is 1.40 bits per heavy atom. The predicted molar refractivity (Wildman–Crippen MR) is 67.9 cm³/mol. The second-order valence-electron chi connectivity index (χ2n) is 2.90. The highest BCUT2D eigenvalue weighted by Crippen LogP contribution is 2.26. The van der Waals surface area contributed by atoms with Gasteiger partial charge in [0, 0.05) is 5.33 Å². The summed E-state index contributed by atoms with van der Waals surface area (Å²) in [5.41, 5.74) is 1.05. The van der Waals surface area contributed by atoms with Crippen molar-refractivity contribution in [1.29, 1.82) is 0 Å². The minimum Gasteiger partial charge on any atom is -0.434 e. The van der Waals surface area contributed by atoms with Gasteiger partial charge in [0.15, 0.2) is 0 Å². The summed E-state index contributed by atoms with van der Waals surface area (Å²) in [4.78, 5) is 0. The molecule has 0 heterocycles. The van der Waals surface area contributed by atoms with E-state index in [1.54, 1.807) is 12.1 Å². The van der Waals surface area contributed by atoms with E-state index >= 15 is 0 Å². The van der Waals surface area contributed by atoms with Gasteiger partial charge in [-0.25, -0.2) is 0 Å². The fraction of sp³-hybridized carbons (Fsp3) is 0.400. The summed E-state index contributed by atoms with van der Waals surface area (Å²) in [7, 11) is 0. The molecule has 0 unspecified atom stereocenters. The van der Waals surface area contributed by atoms with Gasteiger partial charge in [-0.3, -0.25) is 0 Å². The minimum atomic E-state index is -2.76. The lowest BCUT2D eigenvalue weighted by Gasteiger charge is -2.10. The van der Waals surface area contributed by atoms with E-state index in [-0.39, 0.29) is 5.75 Å². The lowest BCUT2D eigenvalue weighted by molar-refractivity contribution is -0.0504. The first-order valence-electron chi connectivity index (χ1n) is 4.43. The number of benzene rings is 1. The third kappa shape index (κ3) is 4.22. The van der Waals surface area contributed by atoms with E-state index in [0.717, 1.165) is 27.3 Å². The average molecular weight is 391 g/mol. The van der Waals surface area contributed by atoms with Gasteiger partial charge in [0.2, 0.25) is 0 Å². The van der Waals surface area contributed by atoms with Crippen molar-refractivity contribution in [1.82, 2.24) is 0 Å². The highest BCUT2D eigenvalue weighted by atomic mass is 127. The predicted octanol–water partition coefficient (Wildman–Crippen LogP) is 4.22. The molecule has 0 radical (unpaired) electrons. The molecule has 0 spiro atoms. The number of aryl methyl sites for hydroxylation is 1. The molecule has 0 saturated heterocycles. The molecule has 1 nitrogen and oxygen atoms in total. The number of rotatable bonds is 5. The molecule has 0 saturated carbocycles. The molecule has 0 fully saturated rings. The van der Waals surface area contributed by atoms with Crippen LogP contribution in [0, 0.1) is 3.57 Å². The zero-order valence-corrected chi connectivity index (χ0v) is 11.6. The van der Waals surface area contributed by atoms with Crippen molar-refractivity contribution in [3.63, 3.8) is 0 Å². The van der Waals surface area contributed by atoms with E-state index in [9.17, 15) is 8.78 Å². The number of ether oxygens (including phenoxy) is 1. The molecule has 0 aliphatic carbocycles. The Hall–Kier alpha value is 0.0900. The molecule has 1 rings (SSSR count). The van der Waals surface area contributed by atoms with E-state index in [0.29, 0.717) is 0 Å². The first kappa shape index (κ1) is 13.2. The zero-order chi connectivity index (χ0) is 11.3. The fourth-order valence-electron chi connectivity index (χ4n) is 1.19. The van der Waals surface area contributed by atoms with Crippen LogP contribution in [0.3, 0.4) is 0 Å². The van der Waals surface area contributed by atoms with Gasteiger partial charge in [0.25, 0.3) is 0 Å². The van der Waals surface area contributed by atoms with Crippen LogP contribution in [-0.4, -0.2) is 11.9 Å². The maximum Gasteiger partial charge on any atom is 0.387 e. The molecule has 0 aliphatic rings. The lowest BCUT2D eigenvalue weighted by atomic mass is 10.1. The first-order chi connectivity index (χ1) is 7.15. The van der Waals surface area contributed by atoms with Crippen molar-refractivity contribution in [3.05, 3.63) is 27.3 Å². The summed E-state index contributed by atoms with van der Waals surface area (Å²) in [5, 5.41) is 0.906. The lowest BCUT2D eigenvalue weighted by Crippen LogP contribution is -2.04. The van der Waals surface area contributed by atoms with E-state index in [4.69, 9.17) is 0 Å². The molecule has 5 heteroatoms. The van der Waals surface area contributed by atoms with E-state index in [1.807, 2.05) is 28.7 Å². The topological polar surface area (TPSA) is 9.23 Å². The van der Waals surface area contributed by atoms with Gasteiger partial charge >= 0.3 is 6.61 Å². The van der Waals surface area contributed by atoms with Crippen LogP contribution in [0.15, 0.2) is 18.2 Å². The third-order valence-corrected chi connectivity index (χ3v) is 3.62. The average Bonchev–Trinajstić information content (AvgIpc) is 2.19. The Morgan fingerprint density at radius 2 is 2.13 bits per heavy atom. The van der Waals surface area contributed by atoms with Crippen LogP contribution in [0.5, 0.6) is 5.75 Å². The molecule has 0 amide bonds. The van der Waals surface area contributed by atoms with Crippen LogP contribution in [0.2, 0.25) is 0 Å². The molecule has 84 valence electrons. The fourth-order valence-corrected chi connectivity index (χ4v) is 2.23. The second-order valence-corrected chi connectivity index (χ2v) is 4.77. The highest BCUT2D eigenvalue weighted by molar-refractivity contribution is 14.1. The van der Waals surface area contributed by atoms with E-state index in [1.165, 1.54) is 0 Å². The van der Waals surface area contributed by atoms with Crippen molar-refractivity contribution in [3.8, 4) is 5.75 Å². The van der Waals surface area contributed by atoms with Crippen molar-refractivity contribution in [2.75, 3.05) is 5.33 Å². The molecule has 0 N–H and O–H groups in total. The smallest absolute Gasteiger partial charge is 0.387 e. The summed E-state index contributed by atoms with van der Waals surface area (Å²) in [6.45, 7) is -2.76. The Bertz CT molecular complexity index is 320. The normalized spacial score (nSPS) is 10.7. The molecular weight excluding hydrogens is 381 g/mol. The molecular formula is C10H10BrF2IO. The summed E-state index contributed by atoms with van der Waals surface area (Å²) < 4.78 is 29.3. The van der Waals surface area contributed by atoms with Gasteiger partial charge in [-0.1, -0.05) is 28.1 Å². The van der Waals surface area contributed by atoms with E-state index < -0.39 is 6.61 Å². The molecule has 0 aromatic heterocycles. The van der Waals surface area contributed by atoms with Crippen LogP contribution in [0.25, 0.3) is 0 Å². The molecule has 0 bridgehead atoms. The maximum absolute atomic E-state index is 12.1. The van der Waals surface area contributed by atoms with Crippen molar-refractivity contribution < 1.29 is 13.5 Å². The molecule has 15 heavy (non-hydrogen) atoms. The standard InChI is InChI=1S/C10H10BrF2IO/c11-6-2-4-7-3-1-5-8(9(7)14)15-10(12)13/h1,3,5,10H,2,4,6H2. The van der Waals surface area contributed by atoms with Crippen LogP contribution >= 0.6 is 38.5 Å². The minimum absolute atomic E-state index is 0.262. The number of halogens is 4. The van der Waals surface area contributed by atoms with Crippen LogP contribution < -0.4 is 4.74 Å². The summed E-state index contributed by atoms with van der Waals surface area (Å²) in [6.07, 6.45) is 1.85. The van der Waals surface area contributed by atoms with Crippen molar-refractivity contribution in [2.45, 2.75) is 19.5 Å². The SMILES string of the molecule is FC(F)Oc1cccc(CCCBr)c1I. The highest BCUT2D eigenvalue weighted by Gasteiger charge is 2.10. The number of alkyl halides is 3. The largest absolute Gasteiger partial charge is 0.434 e. The van der Waals surface area contributed by atoms with Gasteiger partial charge < -0.3 is 4.74 Å². The number of hydrogen-bond donors (Lipinski definition) is 0. The number of hydrogen-bond acceptors (Lipinski definition) is 1. The summed E-state index contributed by atoms with van der Waals surface area (Å²) in [6, 6.07) is 5.23. The van der Waals surface area contributed by atoms with E-state index in [2.05, 4.69) is 20.7 Å². The quantitative estimate of drug-likeness (QED) is 0.540. The molecule has 1 aromatic carbocycles. The monoisotopic (exact) mass is 390 g/mol. The Kier molecular flexibility index (Phi) is 5.81. The Morgan fingerprint density at radius 3 is 2.73 bits per heavy atom. The zero-order valence-electron chi connectivity index (χ0n) is 7.85. The molecule has 1 aromatic rings.